The molecular formula is C21H33N3. The molecule has 3 N–H and O–H groups in total. The summed E-state index contributed by atoms with van der Waals surface area (Å²) < 4.78 is 0. The summed E-state index contributed by atoms with van der Waals surface area (Å²) >= 11 is 0. The van der Waals surface area contributed by atoms with Gasteiger partial charge in [0.25, 0.3) is 0 Å². The molecule has 2 saturated carbocycles. The Hall–Kier alpha value is -0.900. The van der Waals surface area contributed by atoms with Gasteiger partial charge in [-0.2, -0.15) is 0 Å². The van der Waals surface area contributed by atoms with Crippen LogP contribution in [0.25, 0.3) is 0 Å². The van der Waals surface area contributed by atoms with Crippen molar-refractivity contribution < 1.29 is 0 Å². The van der Waals surface area contributed by atoms with E-state index >= 15 is 0 Å². The molecule has 1 aromatic rings. The van der Waals surface area contributed by atoms with Crippen LogP contribution in [0.3, 0.4) is 0 Å². The van der Waals surface area contributed by atoms with E-state index in [4.69, 9.17) is 5.73 Å². The van der Waals surface area contributed by atoms with Crippen molar-refractivity contribution in [2.75, 3.05) is 19.6 Å². The largest absolute Gasteiger partial charge is 0.329 e. The zero-order valence-electron chi connectivity index (χ0n) is 15.1. The van der Waals surface area contributed by atoms with Crippen LogP contribution in [0.1, 0.15) is 44.6 Å². The van der Waals surface area contributed by atoms with E-state index in [9.17, 15) is 0 Å². The van der Waals surface area contributed by atoms with Crippen LogP contribution in [0.5, 0.6) is 0 Å². The van der Waals surface area contributed by atoms with Gasteiger partial charge >= 0.3 is 0 Å². The highest BCUT2D eigenvalue weighted by Crippen LogP contribution is 2.49. The summed E-state index contributed by atoms with van der Waals surface area (Å²) in [5, 5.41) is 3.97. The minimum atomic E-state index is 0.121. The molecule has 3 nitrogen and oxygen atoms in total. The van der Waals surface area contributed by atoms with E-state index in [-0.39, 0.29) is 5.54 Å². The van der Waals surface area contributed by atoms with E-state index in [0.717, 1.165) is 37.4 Å². The Morgan fingerprint density at radius 1 is 1.17 bits per heavy atom. The lowest BCUT2D eigenvalue weighted by Gasteiger charge is -2.32. The highest BCUT2D eigenvalue weighted by atomic mass is 15.2. The lowest BCUT2D eigenvalue weighted by Crippen LogP contribution is -2.54. The van der Waals surface area contributed by atoms with Crippen molar-refractivity contribution in [1.29, 1.82) is 0 Å². The Kier molecular flexibility index (Phi) is 4.68. The van der Waals surface area contributed by atoms with E-state index in [1.165, 1.54) is 44.2 Å². The molecule has 1 aromatic carbocycles. The molecule has 1 aliphatic heterocycles. The maximum absolute atomic E-state index is 6.27. The van der Waals surface area contributed by atoms with Gasteiger partial charge in [0.1, 0.15) is 0 Å². The number of hydrogen-bond acceptors (Lipinski definition) is 3. The summed E-state index contributed by atoms with van der Waals surface area (Å²) in [6.07, 6.45) is 7.05. The van der Waals surface area contributed by atoms with E-state index in [1.54, 1.807) is 0 Å². The van der Waals surface area contributed by atoms with Gasteiger partial charge < -0.3 is 11.1 Å². The summed E-state index contributed by atoms with van der Waals surface area (Å²) in [7, 11) is 0. The first-order valence-electron chi connectivity index (χ1n) is 9.92. The molecule has 2 aliphatic carbocycles. The van der Waals surface area contributed by atoms with Crippen molar-refractivity contribution in [3.05, 3.63) is 35.9 Å². The first-order chi connectivity index (χ1) is 11.7. The van der Waals surface area contributed by atoms with Gasteiger partial charge in [0.2, 0.25) is 0 Å². The van der Waals surface area contributed by atoms with Crippen LogP contribution < -0.4 is 11.1 Å². The summed E-state index contributed by atoms with van der Waals surface area (Å²) in [4.78, 5) is 2.61. The van der Waals surface area contributed by atoms with Crippen molar-refractivity contribution in [1.82, 2.24) is 10.2 Å². The van der Waals surface area contributed by atoms with Gasteiger partial charge in [-0.05, 0) is 68.9 Å². The number of likely N-dealkylation sites (tertiary alicyclic amines) is 1. The van der Waals surface area contributed by atoms with Gasteiger partial charge in [0.05, 0.1) is 0 Å². The minimum absolute atomic E-state index is 0.121. The fourth-order valence-corrected chi connectivity index (χ4v) is 4.78. The molecule has 3 heteroatoms. The smallest absolute Gasteiger partial charge is 0.0447 e. The molecule has 0 spiro atoms. The number of nitrogens with zero attached hydrogens (tertiary/aromatic N) is 1. The normalized spacial score (nSPS) is 31.0. The van der Waals surface area contributed by atoms with Gasteiger partial charge in [0.15, 0.2) is 0 Å². The van der Waals surface area contributed by atoms with E-state index in [1.807, 2.05) is 0 Å². The average Bonchev–Trinajstić information content (AvgIpc) is 3.50. The predicted molar refractivity (Wildman–Crippen MR) is 99.7 cm³/mol. The molecule has 132 valence electrons. The van der Waals surface area contributed by atoms with Crippen molar-refractivity contribution in [3.63, 3.8) is 0 Å². The SMILES string of the molecule is CC1CC(CN)(NCC(C2CC2)C2CC2)CN1Cc1ccccc1. The van der Waals surface area contributed by atoms with E-state index in [2.05, 4.69) is 47.5 Å². The maximum atomic E-state index is 6.27. The number of rotatable bonds is 8. The third kappa shape index (κ3) is 3.68. The van der Waals surface area contributed by atoms with Crippen LogP contribution in [-0.2, 0) is 6.54 Å². The summed E-state index contributed by atoms with van der Waals surface area (Å²) in [6, 6.07) is 11.4. The highest BCUT2D eigenvalue weighted by molar-refractivity contribution is 5.16. The molecule has 0 aromatic heterocycles. The minimum Gasteiger partial charge on any atom is -0.329 e. The zero-order chi connectivity index (χ0) is 16.6. The van der Waals surface area contributed by atoms with Crippen LogP contribution in [0.15, 0.2) is 30.3 Å². The summed E-state index contributed by atoms with van der Waals surface area (Å²) in [5.74, 6) is 2.95. The molecule has 1 saturated heterocycles. The molecule has 0 amide bonds. The second kappa shape index (κ2) is 6.78. The molecule has 1 heterocycles. The number of benzene rings is 1. The van der Waals surface area contributed by atoms with Gasteiger partial charge in [-0.3, -0.25) is 4.90 Å². The monoisotopic (exact) mass is 327 g/mol. The van der Waals surface area contributed by atoms with Crippen LogP contribution in [0.4, 0.5) is 0 Å². The Labute approximate surface area is 147 Å². The van der Waals surface area contributed by atoms with Crippen LogP contribution >= 0.6 is 0 Å². The maximum Gasteiger partial charge on any atom is 0.0447 e. The fourth-order valence-electron chi connectivity index (χ4n) is 4.78. The molecule has 3 fully saturated rings. The molecule has 24 heavy (non-hydrogen) atoms. The first-order valence-corrected chi connectivity index (χ1v) is 9.92. The quantitative estimate of drug-likeness (QED) is 0.771. The fraction of sp³-hybridized carbons (Fsp3) is 0.714. The van der Waals surface area contributed by atoms with E-state index in [0.29, 0.717) is 6.04 Å². The Morgan fingerprint density at radius 2 is 1.83 bits per heavy atom. The molecular weight excluding hydrogens is 294 g/mol. The van der Waals surface area contributed by atoms with Crippen molar-refractivity contribution in [3.8, 4) is 0 Å². The molecule has 3 aliphatic rings. The average molecular weight is 328 g/mol. The molecule has 0 radical (unpaired) electrons. The third-order valence-corrected chi connectivity index (χ3v) is 6.60. The summed E-state index contributed by atoms with van der Waals surface area (Å²) in [6.45, 7) is 6.44. The number of nitrogens with one attached hydrogen (secondary N) is 1. The van der Waals surface area contributed by atoms with Crippen LogP contribution in [0, 0.1) is 17.8 Å². The lowest BCUT2D eigenvalue weighted by atomic mass is 9.92. The first kappa shape index (κ1) is 16.6. The molecule has 4 rings (SSSR count). The van der Waals surface area contributed by atoms with Crippen LogP contribution in [0.2, 0.25) is 0 Å². The highest BCUT2D eigenvalue weighted by Gasteiger charge is 2.45. The van der Waals surface area contributed by atoms with E-state index < -0.39 is 0 Å². The molecule has 0 bridgehead atoms. The second-order valence-corrected chi connectivity index (χ2v) is 8.65. The van der Waals surface area contributed by atoms with Gasteiger partial charge in [-0.15, -0.1) is 0 Å². The number of hydrogen-bond donors (Lipinski definition) is 2. The van der Waals surface area contributed by atoms with Crippen molar-refractivity contribution >= 4 is 0 Å². The Morgan fingerprint density at radius 3 is 2.42 bits per heavy atom. The second-order valence-electron chi connectivity index (χ2n) is 8.65. The summed E-state index contributed by atoms with van der Waals surface area (Å²) in [5.41, 5.74) is 7.80. The third-order valence-electron chi connectivity index (χ3n) is 6.60. The van der Waals surface area contributed by atoms with Crippen LogP contribution in [-0.4, -0.2) is 36.1 Å². The van der Waals surface area contributed by atoms with Gasteiger partial charge in [-0.1, -0.05) is 30.3 Å². The van der Waals surface area contributed by atoms with Crippen molar-refractivity contribution in [2.24, 2.45) is 23.5 Å². The molecule has 2 atom stereocenters. The lowest BCUT2D eigenvalue weighted by molar-refractivity contribution is 0.235. The zero-order valence-corrected chi connectivity index (χ0v) is 15.1. The Bertz CT molecular complexity index is 525. The predicted octanol–water partition coefficient (Wildman–Crippen LogP) is 3.00. The number of nitrogens with two attached hydrogens (primary N) is 1. The van der Waals surface area contributed by atoms with Crippen molar-refractivity contribution in [2.45, 2.75) is 57.2 Å². The Balaban J connectivity index is 1.37. The molecule has 2 unspecified atom stereocenters. The topological polar surface area (TPSA) is 41.3 Å². The standard InChI is InChI=1S/C21H33N3/c1-16-11-21(14-22,15-24(16)13-17-5-3-2-4-6-17)23-12-20(18-7-8-18)19-9-10-19/h2-6,16,18-20,23H,7-15,22H2,1H3. The van der Waals surface area contributed by atoms with Gasteiger partial charge in [0, 0.05) is 31.2 Å². The van der Waals surface area contributed by atoms with Gasteiger partial charge in [-0.25, -0.2) is 0 Å².